The van der Waals surface area contributed by atoms with Crippen molar-refractivity contribution in [3.8, 4) is 0 Å². The van der Waals surface area contributed by atoms with E-state index in [-0.39, 0.29) is 28.2 Å². The summed E-state index contributed by atoms with van der Waals surface area (Å²) < 4.78 is 0.479. The minimum atomic E-state index is -0.667. The lowest BCUT2D eigenvalue weighted by Crippen LogP contribution is -2.11. The molecule has 0 aromatic heterocycles. The Balaban J connectivity index is 0.00000169. The van der Waals surface area contributed by atoms with E-state index in [1.165, 1.54) is 18.2 Å². The smallest absolute Gasteiger partial charge is 0.283 e. The molecule has 1 aromatic carbocycles. The number of carbonyl (C=O) groups excluding carboxylic acids is 1. The topological polar surface area (TPSA) is 86.2 Å². The van der Waals surface area contributed by atoms with Crippen LogP contribution in [0.3, 0.4) is 0 Å². The number of nitrogens with two attached hydrogens (primary N) is 1. The largest absolute Gasteiger partial charge is 0.366 e. The molecule has 7 heteroatoms. The van der Waals surface area contributed by atoms with Gasteiger partial charge < -0.3 is 5.73 Å². The van der Waals surface area contributed by atoms with Crippen molar-refractivity contribution in [1.29, 1.82) is 0 Å². The predicted octanol–water partition coefficient (Wildman–Crippen LogP) is 1.88. The monoisotopic (exact) mass is 372 g/mol. The van der Waals surface area contributed by atoms with Crippen LogP contribution in [0.5, 0.6) is 0 Å². The highest BCUT2D eigenvalue weighted by molar-refractivity contribution is 14.1. The number of nitro benzene ring substituents is 1. The van der Waals surface area contributed by atoms with Gasteiger partial charge in [-0.25, -0.2) is 0 Å². The summed E-state index contributed by atoms with van der Waals surface area (Å²) in [7, 11) is 0. The van der Waals surface area contributed by atoms with Gasteiger partial charge >= 0.3 is 0 Å². The Morgan fingerprint density at radius 3 is 2.50 bits per heavy atom. The molecular formula is C7H6BrIN2O3. The summed E-state index contributed by atoms with van der Waals surface area (Å²) in [6, 6.07) is 4.11. The van der Waals surface area contributed by atoms with E-state index < -0.39 is 10.8 Å². The molecule has 2 N–H and O–H groups in total. The molecule has 0 bridgehead atoms. The Labute approximate surface area is 104 Å². The van der Waals surface area contributed by atoms with Crippen molar-refractivity contribution in [2.75, 3.05) is 0 Å². The van der Waals surface area contributed by atoms with E-state index in [4.69, 9.17) is 5.73 Å². The molecule has 0 fully saturated rings. The van der Waals surface area contributed by atoms with E-state index in [9.17, 15) is 14.9 Å². The highest BCUT2D eigenvalue weighted by Crippen LogP contribution is 2.21. The molecule has 0 atom stereocenters. The summed E-state index contributed by atoms with van der Waals surface area (Å²) in [6.07, 6.45) is 0. The molecule has 0 saturated carbocycles. The second-order valence-electron chi connectivity index (χ2n) is 2.29. The fourth-order valence-electron chi connectivity index (χ4n) is 0.806. The van der Waals surface area contributed by atoms with Gasteiger partial charge in [0, 0.05) is 11.6 Å². The van der Waals surface area contributed by atoms with Crippen LogP contribution in [0.15, 0.2) is 18.2 Å². The standard InChI is InChI=1S/C7H5IN2O3.BrH/c8-5-2-1-4(7(9)11)3-6(5)10(12)13;/h1-3H,(H2,9,11);1H. The van der Waals surface area contributed by atoms with E-state index in [1.54, 1.807) is 0 Å². The van der Waals surface area contributed by atoms with Crippen LogP contribution >= 0.6 is 39.6 Å². The van der Waals surface area contributed by atoms with Gasteiger partial charge in [-0.15, -0.1) is 17.0 Å². The summed E-state index contributed by atoms with van der Waals surface area (Å²) in [5, 5.41) is 10.4. The van der Waals surface area contributed by atoms with Crippen LogP contribution in [0.1, 0.15) is 10.4 Å². The SMILES string of the molecule is Br.NC(=O)c1ccc(I)c([N+](=O)[O-])c1. The van der Waals surface area contributed by atoms with Crippen molar-refractivity contribution in [1.82, 2.24) is 0 Å². The van der Waals surface area contributed by atoms with Gasteiger partial charge in [-0.2, -0.15) is 0 Å². The molecule has 1 rings (SSSR count). The van der Waals surface area contributed by atoms with Gasteiger partial charge in [-0.05, 0) is 34.7 Å². The molecule has 5 nitrogen and oxygen atoms in total. The molecule has 0 radical (unpaired) electrons. The van der Waals surface area contributed by atoms with Crippen molar-refractivity contribution in [3.05, 3.63) is 37.4 Å². The Morgan fingerprint density at radius 2 is 2.07 bits per heavy atom. The predicted molar refractivity (Wildman–Crippen MR) is 64.7 cm³/mol. The third-order valence-electron chi connectivity index (χ3n) is 1.43. The van der Waals surface area contributed by atoms with Gasteiger partial charge in [0.05, 0.1) is 8.49 Å². The molecule has 0 unspecified atom stereocenters. The molecule has 0 saturated heterocycles. The second kappa shape index (κ2) is 5.25. The normalized spacial score (nSPS) is 8.93. The fraction of sp³-hybridized carbons (Fsp3) is 0. The minimum absolute atomic E-state index is 0. The average molecular weight is 373 g/mol. The number of carbonyl (C=O) groups is 1. The minimum Gasteiger partial charge on any atom is -0.366 e. The molecular weight excluding hydrogens is 367 g/mol. The summed E-state index contributed by atoms with van der Waals surface area (Å²) in [5.74, 6) is -0.667. The van der Waals surface area contributed by atoms with Crippen molar-refractivity contribution in [3.63, 3.8) is 0 Å². The number of halogens is 2. The van der Waals surface area contributed by atoms with Crippen LogP contribution in [0.2, 0.25) is 0 Å². The summed E-state index contributed by atoms with van der Waals surface area (Å²) >= 11 is 1.82. The molecule has 76 valence electrons. The zero-order valence-corrected chi connectivity index (χ0v) is 10.6. The summed E-state index contributed by atoms with van der Waals surface area (Å²) in [4.78, 5) is 20.6. The first-order valence-corrected chi connectivity index (χ1v) is 4.34. The lowest BCUT2D eigenvalue weighted by atomic mass is 10.2. The number of hydrogen-bond acceptors (Lipinski definition) is 3. The van der Waals surface area contributed by atoms with E-state index in [2.05, 4.69) is 0 Å². The maximum absolute atomic E-state index is 10.7. The molecule has 0 aliphatic heterocycles. The number of benzene rings is 1. The number of amides is 1. The first-order chi connectivity index (χ1) is 6.02. The van der Waals surface area contributed by atoms with E-state index in [0.29, 0.717) is 3.57 Å². The molecule has 1 amide bonds. The van der Waals surface area contributed by atoms with Crippen LogP contribution in [0.25, 0.3) is 0 Å². The Bertz CT molecular complexity index is 383. The molecule has 14 heavy (non-hydrogen) atoms. The second-order valence-corrected chi connectivity index (χ2v) is 3.45. The zero-order chi connectivity index (χ0) is 10.0. The van der Waals surface area contributed by atoms with Gasteiger partial charge in [0.15, 0.2) is 0 Å². The zero-order valence-electron chi connectivity index (χ0n) is 6.77. The molecule has 0 heterocycles. The van der Waals surface area contributed by atoms with Crippen LogP contribution in [-0.2, 0) is 0 Å². The highest BCUT2D eigenvalue weighted by atomic mass is 127. The third kappa shape index (κ3) is 2.91. The first-order valence-electron chi connectivity index (χ1n) is 3.26. The average Bonchev–Trinajstić information content (AvgIpc) is 2.04. The van der Waals surface area contributed by atoms with Crippen molar-refractivity contribution in [2.24, 2.45) is 5.73 Å². The third-order valence-corrected chi connectivity index (χ3v) is 2.34. The van der Waals surface area contributed by atoms with Gasteiger partial charge in [0.2, 0.25) is 5.91 Å². The van der Waals surface area contributed by atoms with Gasteiger partial charge in [0.1, 0.15) is 0 Å². The van der Waals surface area contributed by atoms with Gasteiger partial charge in [-0.3, -0.25) is 14.9 Å². The molecule has 0 aliphatic carbocycles. The Hall–Kier alpha value is -0.700. The van der Waals surface area contributed by atoms with Crippen molar-refractivity contribution >= 4 is 51.2 Å². The van der Waals surface area contributed by atoms with Crippen LogP contribution in [0.4, 0.5) is 5.69 Å². The Morgan fingerprint density at radius 1 is 1.50 bits per heavy atom. The van der Waals surface area contributed by atoms with Crippen molar-refractivity contribution in [2.45, 2.75) is 0 Å². The molecule has 0 spiro atoms. The first kappa shape index (κ1) is 13.3. The number of rotatable bonds is 2. The maximum Gasteiger partial charge on any atom is 0.283 e. The van der Waals surface area contributed by atoms with Crippen molar-refractivity contribution < 1.29 is 9.72 Å². The summed E-state index contributed by atoms with van der Waals surface area (Å²) in [6.45, 7) is 0. The Kier molecular flexibility index (Phi) is 4.99. The lowest BCUT2D eigenvalue weighted by molar-refractivity contribution is -0.385. The number of nitro groups is 1. The van der Waals surface area contributed by atoms with Gasteiger partial charge in [-0.1, -0.05) is 0 Å². The fourth-order valence-corrected chi connectivity index (χ4v) is 1.34. The van der Waals surface area contributed by atoms with E-state index in [1.807, 2.05) is 22.6 Å². The summed E-state index contributed by atoms with van der Waals surface area (Å²) in [5.41, 5.74) is 5.01. The van der Waals surface area contributed by atoms with E-state index in [0.717, 1.165) is 0 Å². The highest BCUT2D eigenvalue weighted by Gasteiger charge is 2.13. The number of nitrogens with zero attached hydrogens (tertiary/aromatic N) is 1. The molecule has 1 aromatic rings. The lowest BCUT2D eigenvalue weighted by Gasteiger charge is -1.97. The molecule has 0 aliphatic rings. The van der Waals surface area contributed by atoms with E-state index >= 15 is 0 Å². The number of hydrogen-bond donors (Lipinski definition) is 1. The number of primary amides is 1. The maximum atomic E-state index is 10.7. The van der Waals surface area contributed by atoms with Gasteiger partial charge in [0.25, 0.3) is 5.69 Å². The van der Waals surface area contributed by atoms with Crippen LogP contribution in [0, 0.1) is 13.7 Å². The van der Waals surface area contributed by atoms with Crippen LogP contribution in [-0.4, -0.2) is 10.8 Å². The quantitative estimate of drug-likeness (QED) is 0.488. The van der Waals surface area contributed by atoms with Crippen LogP contribution < -0.4 is 5.73 Å².